The maximum absolute atomic E-state index is 8.50. The molecule has 0 aromatic carbocycles. The van der Waals surface area contributed by atoms with Crippen molar-refractivity contribution >= 4 is 0 Å². The molecule has 0 heterocycles. The molecule has 0 bridgehead atoms. The van der Waals surface area contributed by atoms with E-state index in [0.29, 0.717) is 0 Å². The van der Waals surface area contributed by atoms with Gasteiger partial charge >= 0.3 is 25.7 Å². The van der Waals surface area contributed by atoms with Crippen LogP contribution in [-0.2, 0) is 25.7 Å². The van der Waals surface area contributed by atoms with E-state index in [4.69, 9.17) is 13.2 Å². The van der Waals surface area contributed by atoms with Crippen molar-refractivity contribution in [1.82, 2.24) is 0 Å². The second-order valence-corrected chi connectivity index (χ2v) is 1.37. The predicted molar refractivity (Wildman–Crippen MR) is 50.8 cm³/mol. The van der Waals surface area contributed by atoms with E-state index in [2.05, 4.69) is 6.92 Å². The minimum absolute atomic E-state index is 0. The fourth-order valence-electron chi connectivity index (χ4n) is 0.167. The van der Waals surface area contributed by atoms with E-state index in [1.807, 2.05) is 0 Å². The molecule has 0 aromatic heterocycles. The Labute approximate surface area is 88.0 Å². The first kappa shape index (κ1) is 40.2. The molecule has 0 aliphatic rings. The van der Waals surface area contributed by atoms with Gasteiger partial charge in [0.1, 0.15) is 0 Å². The quantitative estimate of drug-likeness (QED) is 0.516. The van der Waals surface area contributed by atoms with Gasteiger partial charge in [0.25, 0.3) is 0 Å². The Kier molecular flexibility index (Phi) is 228. The third kappa shape index (κ3) is 195. The van der Waals surface area contributed by atoms with Gasteiger partial charge in [-0.05, 0) is 0 Å². The van der Waals surface area contributed by atoms with Crippen LogP contribution in [-0.4, -0.2) is 0 Å². The molecule has 0 fully saturated rings. The van der Waals surface area contributed by atoms with Crippen molar-refractivity contribution in [2.45, 2.75) is 19.8 Å². The second-order valence-electron chi connectivity index (χ2n) is 1.11. The summed E-state index contributed by atoms with van der Waals surface area (Å²) in [6.45, 7) is 7.11. The molecule has 0 radical (unpaired) electrons. The van der Waals surface area contributed by atoms with Gasteiger partial charge < -0.3 is 36.3 Å². The van der Waals surface area contributed by atoms with Gasteiger partial charge in [-0.25, -0.2) is 0 Å². The zero-order valence-corrected chi connectivity index (χ0v) is 10.4. The zero-order chi connectivity index (χ0) is 6.83. The molecule has 0 unspecified atom stereocenters. The predicted octanol–water partition coefficient (Wildman–Crippen LogP) is 3.34. The molecule has 0 aromatic rings. The van der Waals surface area contributed by atoms with Crippen LogP contribution in [0.5, 0.6) is 0 Å². The molecule has 0 aliphatic heterocycles. The molecule has 12 heavy (non-hydrogen) atoms. The van der Waals surface area contributed by atoms with E-state index in [-0.39, 0.29) is 29.7 Å². The summed E-state index contributed by atoms with van der Waals surface area (Å²) >= 11 is -2.00. The standard InChI is InChI=1S/C5H9.4CH3.2O.Ti/c1-3-5-4-2;;;;;;;/h1,3H,4-5H2,2H3;4*1H3;;;/q5*-1;;;. The Bertz CT molecular complexity index is 76.6. The molecular formula is C9H21O2Ti-5. The first-order chi connectivity index (χ1) is 3.83. The monoisotopic (exact) mass is 209 g/mol. The van der Waals surface area contributed by atoms with Crippen LogP contribution in [0.4, 0.5) is 0 Å². The van der Waals surface area contributed by atoms with Crippen molar-refractivity contribution in [3.63, 3.8) is 0 Å². The molecule has 0 aliphatic carbocycles. The summed E-state index contributed by atoms with van der Waals surface area (Å²) in [5.41, 5.74) is 0. The summed E-state index contributed by atoms with van der Waals surface area (Å²) in [4.78, 5) is 0. The summed E-state index contributed by atoms with van der Waals surface area (Å²) in [6, 6.07) is 0. The average molecular weight is 209 g/mol. The van der Waals surface area contributed by atoms with Crippen LogP contribution in [0.15, 0.2) is 6.08 Å². The van der Waals surface area contributed by atoms with Gasteiger partial charge in [-0.15, -0.1) is 0 Å². The molecule has 78 valence electrons. The third-order valence-electron chi connectivity index (χ3n) is 0.455. The SMILES string of the molecule is [CH-]=CCCC.[CH3-].[CH3-].[CH3-].[CH3-].[O]=[Ti]=[O]. The van der Waals surface area contributed by atoms with Crippen LogP contribution in [0.1, 0.15) is 19.8 Å². The van der Waals surface area contributed by atoms with E-state index in [0.717, 1.165) is 12.8 Å². The number of hydrogen-bond donors (Lipinski definition) is 0. The Morgan fingerprint density at radius 1 is 1.17 bits per heavy atom. The van der Waals surface area contributed by atoms with Crippen molar-refractivity contribution in [3.05, 3.63) is 42.4 Å². The van der Waals surface area contributed by atoms with Crippen LogP contribution in [0.3, 0.4) is 0 Å². The Balaban J connectivity index is -0.0000000119. The molecule has 0 rings (SSSR count). The van der Waals surface area contributed by atoms with Crippen LogP contribution < -0.4 is 0 Å². The van der Waals surface area contributed by atoms with Crippen LogP contribution in [0, 0.1) is 36.3 Å². The summed E-state index contributed by atoms with van der Waals surface area (Å²) in [7, 11) is 0. The van der Waals surface area contributed by atoms with E-state index in [1.165, 1.54) is 0 Å². The maximum atomic E-state index is 8.50. The van der Waals surface area contributed by atoms with E-state index in [9.17, 15) is 0 Å². The zero-order valence-electron chi connectivity index (χ0n) is 8.89. The van der Waals surface area contributed by atoms with Gasteiger partial charge in [0.05, 0.1) is 0 Å². The van der Waals surface area contributed by atoms with Gasteiger partial charge in [0.2, 0.25) is 0 Å². The van der Waals surface area contributed by atoms with Crippen LogP contribution >= 0.6 is 0 Å². The van der Waals surface area contributed by atoms with E-state index < -0.39 is 19.1 Å². The summed E-state index contributed by atoms with van der Waals surface area (Å²) < 4.78 is 17.0. The molecule has 3 heteroatoms. The van der Waals surface area contributed by atoms with Crippen LogP contribution in [0.25, 0.3) is 0 Å². The van der Waals surface area contributed by atoms with Gasteiger partial charge in [0.15, 0.2) is 0 Å². The molecule has 0 amide bonds. The molecule has 0 saturated heterocycles. The summed E-state index contributed by atoms with van der Waals surface area (Å²) in [6.07, 6.45) is 3.89. The number of unbranched alkanes of at least 4 members (excludes halogenated alkanes) is 1. The van der Waals surface area contributed by atoms with Gasteiger partial charge in [-0.1, -0.05) is 19.8 Å². The Hall–Kier alpha value is 0.0543. The average Bonchev–Trinajstić information content (AvgIpc) is 1.71. The number of rotatable bonds is 2. The first-order valence-corrected chi connectivity index (χ1v) is 3.63. The molecule has 0 spiro atoms. The van der Waals surface area contributed by atoms with Crippen molar-refractivity contribution in [2.75, 3.05) is 0 Å². The molecular weight excluding hydrogens is 188 g/mol. The molecule has 0 N–H and O–H groups in total. The summed E-state index contributed by atoms with van der Waals surface area (Å²) in [5.74, 6) is 0. The van der Waals surface area contributed by atoms with Crippen molar-refractivity contribution in [1.29, 1.82) is 0 Å². The fourth-order valence-corrected chi connectivity index (χ4v) is 0.167. The minimum atomic E-state index is -2.00. The molecule has 0 saturated carbocycles. The third-order valence-corrected chi connectivity index (χ3v) is 0.455. The van der Waals surface area contributed by atoms with E-state index >= 15 is 0 Å². The summed E-state index contributed by atoms with van der Waals surface area (Å²) in [5, 5.41) is 0. The van der Waals surface area contributed by atoms with Crippen molar-refractivity contribution < 1.29 is 25.7 Å². The normalized spacial score (nSPS) is 3.75. The van der Waals surface area contributed by atoms with Crippen molar-refractivity contribution in [3.8, 4) is 0 Å². The fraction of sp³-hybridized carbons (Fsp3) is 0.333. The molecule has 0 atom stereocenters. The topological polar surface area (TPSA) is 34.1 Å². The van der Waals surface area contributed by atoms with Crippen LogP contribution in [0.2, 0.25) is 0 Å². The van der Waals surface area contributed by atoms with Gasteiger partial charge in [0, 0.05) is 0 Å². The van der Waals surface area contributed by atoms with Gasteiger partial charge in [-0.3, -0.25) is 6.08 Å². The van der Waals surface area contributed by atoms with E-state index in [1.54, 1.807) is 6.08 Å². The number of hydrogen-bond acceptors (Lipinski definition) is 2. The molecule has 2 nitrogen and oxygen atoms in total. The van der Waals surface area contributed by atoms with Gasteiger partial charge in [-0.2, -0.15) is 0 Å². The first-order valence-electron chi connectivity index (χ1n) is 2.36. The Morgan fingerprint density at radius 2 is 1.42 bits per heavy atom. The van der Waals surface area contributed by atoms with Crippen molar-refractivity contribution in [2.24, 2.45) is 0 Å². The number of allylic oxidation sites excluding steroid dienone is 1. The second kappa shape index (κ2) is 68.0. The Morgan fingerprint density at radius 3 is 1.42 bits per heavy atom.